The SMILES string of the molecule is CCc1sc(=Nc2ccc(O)cc2)n(C(C)=O)c1OC(C)=O. The van der Waals surface area contributed by atoms with Crippen LogP contribution < -0.4 is 9.54 Å². The molecule has 22 heavy (non-hydrogen) atoms. The molecule has 2 aromatic rings. The highest BCUT2D eigenvalue weighted by atomic mass is 32.1. The summed E-state index contributed by atoms with van der Waals surface area (Å²) in [6.07, 6.45) is 0.617. The van der Waals surface area contributed by atoms with Crippen molar-refractivity contribution in [2.24, 2.45) is 4.99 Å². The monoisotopic (exact) mass is 320 g/mol. The van der Waals surface area contributed by atoms with Gasteiger partial charge in [0.15, 0.2) is 4.80 Å². The zero-order valence-electron chi connectivity index (χ0n) is 12.5. The molecule has 0 unspecified atom stereocenters. The van der Waals surface area contributed by atoms with Crippen LogP contribution in [0.2, 0.25) is 0 Å². The first-order chi connectivity index (χ1) is 10.4. The summed E-state index contributed by atoms with van der Waals surface area (Å²) in [6.45, 7) is 4.58. The molecule has 0 atom stereocenters. The second-order valence-corrected chi connectivity index (χ2v) is 5.60. The smallest absolute Gasteiger partial charge is 0.309 e. The number of nitrogens with zero attached hydrogens (tertiary/aromatic N) is 2. The quantitative estimate of drug-likeness (QED) is 0.882. The standard InChI is InChI=1S/C15H16N2O4S/c1-4-13-14(21-10(3)19)17(9(2)18)15(22-13)16-11-5-7-12(20)8-6-11/h5-8,20H,4H2,1-3H3. The van der Waals surface area contributed by atoms with Gasteiger partial charge < -0.3 is 9.84 Å². The number of carbonyl (C=O) groups excluding carboxylic acids is 2. The van der Waals surface area contributed by atoms with Gasteiger partial charge in [0.05, 0.1) is 10.6 Å². The Morgan fingerprint density at radius 1 is 1.27 bits per heavy atom. The zero-order valence-corrected chi connectivity index (χ0v) is 13.3. The summed E-state index contributed by atoms with van der Waals surface area (Å²) in [4.78, 5) is 28.8. The van der Waals surface area contributed by atoms with Crippen molar-refractivity contribution in [3.8, 4) is 11.6 Å². The lowest BCUT2D eigenvalue weighted by Crippen LogP contribution is -2.22. The molecule has 0 radical (unpaired) electrons. The van der Waals surface area contributed by atoms with E-state index in [0.717, 1.165) is 4.88 Å². The van der Waals surface area contributed by atoms with Gasteiger partial charge in [-0.2, -0.15) is 0 Å². The molecule has 1 N–H and O–H groups in total. The van der Waals surface area contributed by atoms with E-state index >= 15 is 0 Å². The molecule has 0 amide bonds. The Labute approximate surface area is 131 Å². The lowest BCUT2D eigenvalue weighted by molar-refractivity contribution is -0.132. The number of phenolic OH excluding ortho intramolecular Hbond substituents is 1. The molecule has 1 aromatic heterocycles. The molecule has 1 aromatic carbocycles. The first-order valence-electron chi connectivity index (χ1n) is 6.70. The Hall–Kier alpha value is -2.41. The Morgan fingerprint density at radius 2 is 1.91 bits per heavy atom. The van der Waals surface area contributed by atoms with Crippen LogP contribution in [-0.4, -0.2) is 21.6 Å². The number of hydrogen-bond acceptors (Lipinski definition) is 6. The number of aryl methyl sites for hydroxylation is 1. The highest BCUT2D eigenvalue weighted by Crippen LogP contribution is 2.24. The fraction of sp³-hybridized carbons (Fsp3) is 0.267. The summed E-state index contributed by atoms with van der Waals surface area (Å²) in [5.74, 6) is -0.409. The highest BCUT2D eigenvalue weighted by Gasteiger charge is 2.18. The predicted octanol–water partition coefficient (Wildman–Crippen LogP) is 2.64. The molecule has 0 aliphatic heterocycles. The molecule has 0 spiro atoms. The summed E-state index contributed by atoms with van der Waals surface area (Å²) in [5.41, 5.74) is 0.589. The van der Waals surface area contributed by atoms with Gasteiger partial charge in [0.25, 0.3) is 0 Å². The maximum absolute atomic E-state index is 11.9. The summed E-state index contributed by atoms with van der Waals surface area (Å²) in [5, 5.41) is 9.30. The molecule has 0 bridgehead atoms. The fourth-order valence-corrected chi connectivity index (χ4v) is 2.90. The van der Waals surface area contributed by atoms with Crippen LogP contribution in [-0.2, 0) is 11.2 Å². The van der Waals surface area contributed by atoms with E-state index in [9.17, 15) is 14.7 Å². The number of hydrogen-bond donors (Lipinski definition) is 1. The molecular formula is C15H16N2O4S. The second kappa shape index (κ2) is 6.57. The summed E-state index contributed by atoms with van der Waals surface area (Å²) >= 11 is 1.29. The topological polar surface area (TPSA) is 80.9 Å². The molecule has 7 heteroatoms. The van der Waals surface area contributed by atoms with Gasteiger partial charge in [0.2, 0.25) is 11.8 Å². The molecule has 0 aliphatic rings. The van der Waals surface area contributed by atoms with Crippen LogP contribution in [0.15, 0.2) is 29.3 Å². The zero-order chi connectivity index (χ0) is 16.3. The van der Waals surface area contributed by atoms with Gasteiger partial charge in [0, 0.05) is 13.8 Å². The van der Waals surface area contributed by atoms with Crippen molar-refractivity contribution in [1.29, 1.82) is 0 Å². The van der Waals surface area contributed by atoms with Crippen LogP contribution in [0.25, 0.3) is 0 Å². The number of phenols is 1. The van der Waals surface area contributed by atoms with E-state index in [0.29, 0.717) is 16.9 Å². The first-order valence-corrected chi connectivity index (χ1v) is 7.51. The Balaban J connectivity index is 2.64. The number of ether oxygens (including phenoxy) is 1. The van der Waals surface area contributed by atoms with E-state index in [1.54, 1.807) is 12.1 Å². The number of thiazole rings is 1. The van der Waals surface area contributed by atoms with Crippen molar-refractivity contribution in [3.63, 3.8) is 0 Å². The van der Waals surface area contributed by atoms with Crippen LogP contribution >= 0.6 is 11.3 Å². The predicted molar refractivity (Wildman–Crippen MR) is 82.6 cm³/mol. The van der Waals surface area contributed by atoms with Gasteiger partial charge in [-0.05, 0) is 30.7 Å². The van der Waals surface area contributed by atoms with Crippen molar-refractivity contribution in [2.75, 3.05) is 0 Å². The minimum atomic E-state index is -0.487. The average molecular weight is 320 g/mol. The molecule has 2 rings (SSSR count). The van der Waals surface area contributed by atoms with Crippen LogP contribution in [0.4, 0.5) is 5.69 Å². The normalized spacial score (nSPS) is 11.5. The number of aromatic hydroxyl groups is 1. The van der Waals surface area contributed by atoms with Crippen molar-refractivity contribution < 1.29 is 19.4 Å². The van der Waals surface area contributed by atoms with E-state index in [2.05, 4.69) is 4.99 Å². The van der Waals surface area contributed by atoms with E-state index < -0.39 is 5.97 Å². The molecule has 1 heterocycles. The molecule has 0 saturated heterocycles. The average Bonchev–Trinajstić information content (AvgIpc) is 2.78. The van der Waals surface area contributed by atoms with Crippen LogP contribution in [0.3, 0.4) is 0 Å². The van der Waals surface area contributed by atoms with Crippen molar-refractivity contribution in [1.82, 2.24) is 4.57 Å². The fourth-order valence-electron chi connectivity index (χ4n) is 1.86. The minimum absolute atomic E-state index is 0.138. The number of carbonyl (C=O) groups is 2. The Kier molecular flexibility index (Phi) is 4.77. The van der Waals surface area contributed by atoms with E-state index in [1.807, 2.05) is 6.92 Å². The Morgan fingerprint density at radius 3 is 2.41 bits per heavy atom. The van der Waals surface area contributed by atoms with E-state index in [4.69, 9.17) is 4.74 Å². The maximum Gasteiger partial charge on any atom is 0.309 e. The summed E-state index contributed by atoms with van der Waals surface area (Å²) in [6, 6.07) is 6.30. The van der Waals surface area contributed by atoms with Crippen LogP contribution in [0, 0.1) is 0 Å². The van der Waals surface area contributed by atoms with Gasteiger partial charge in [-0.25, -0.2) is 9.56 Å². The van der Waals surface area contributed by atoms with Crippen LogP contribution in [0.5, 0.6) is 11.6 Å². The summed E-state index contributed by atoms with van der Waals surface area (Å²) < 4.78 is 6.47. The third kappa shape index (κ3) is 3.43. The lowest BCUT2D eigenvalue weighted by atomic mass is 10.3. The lowest BCUT2D eigenvalue weighted by Gasteiger charge is -2.05. The maximum atomic E-state index is 11.9. The third-order valence-electron chi connectivity index (χ3n) is 2.80. The first kappa shape index (κ1) is 16.0. The van der Waals surface area contributed by atoms with Crippen LogP contribution in [0.1, 0.15) is 30.4 Å². The van der Waals surface area contributed by atoms with E-state index in [-0.39, 0.29) is 17.5 Å². The van der Waals surface area contributed by atoms with Gasteiger partial charge in [-0.1, -0.05) is 18.3 Å². The molecule has 6 nitrogen and oxygen atoms in total. The molecule has 0 saturated carbocycles. The number of aromatic nitrogens is 1. The largest absolute Gasteiger partial charge is 0.508 e. The van der Waals surface area contributed by atoms with Gasteiger partial charge in [-0.3, -0.25) is 9.59 Å². The summed E-state index contributed by atoms with van der Waals surface area (Å²) in [7, 11) is 0. The van der Waals surface area contributed by atoms with Gasteiger partial charge >= 0.3 is 5.97 Å². The van der Waals surface area contributed by atoms with Crippen molar-refractivity contribution in [2.45, 2.75) is 27.2 Å². The Bertz CT molecular complexity index is 772. The van der Waals surface area contributed by atoms with Crippen molar-refractivity contribution >= 4 is 28.9 Å². The van der Waals surface area contributed by atoms with E-state index in [1.165, 1.54) is 41.9 Å². The second-order valence-electron chi connectivity index (χ2n) is 4.54. The molecule has 116 valence electrons. The minimum Gasteiger partial charge on any atom is -0.508 e. The van der Waals surface area contributed by atoms with Gasteiger partial charge in [0.1, 0.15) is 5.75 Å². The number of benzene rings is 1. The highest BCUT2D eigenvalue weighted by molar-refractivity contribution is 7.09. The molecule has 0 fully saturated rings. The number of esters is 1. The third-order valence-corrected chi connectivity index (χ3v) is 3.96. The molecular weight excluding hydrogens is 304 g/mol. The molecule has 0 aliphatic carbocycles. The number of rotatable bonds is 3. The van der Waals surface area contributed by atoms with Crippen molar-refractivity contribution in [3.05, 3.63) is 33.9 Å². The van der Waals surface area contributed by atoms with Gasteiger partial charge in [-0.15, -0.1) is 0 Å².